The van der Waals surface area contributed by atoms with Crippen molar-refractivity contribution in [2.24, 2.45) is 0 Å². The van der Waals surface area contributed by atoms with Crippen molar-refractivity contribution < 1.29 is 28.5 Å². The molecule has 1 aliphatic rings. The largest absolute Gasteiger partial charge is 0.497 e. The lowest BCUT2D eigenvalue weighted by molar-refractivity contribution is -0.0943. The molecule has 50 heavy (non-hydrogen) atoms. The van der Waals surface area contributed by atoms with E-state index in [2.05, 4.69) is 9.97 Å². The fraction of sp³-hybridized carbons (Fsp3) is 0.200. The first-order valence-electron chi connectivity index (χ1n) is 16.4. The van der Waals surface area contributed by atoms with Gasteiger partial charge in [-0.05, 0) is 59.2 Å². The summed E-state index contributed by atoms with van der Waals surface area (Å²) in [6.45, 7) is 0.0232. The summed E-state index contributed by atoms with van der Waals surface area (Å²) in [5.41, 5.74) is 2.93. The molecule has 0 saturated carbocycles. The zero-order valence-corrected chi connectivity index (χ0v) is 27.5. The van der Waals surface area contributed by atoms with Gasteiger partial charge in [-0.3, -0.25) is 4.57 Å². The van der Waals surface area contributed by atoms with Gasteiger partial charge in [0.1, 0.15) is 40.7 Å². The molecule has 1 aliphatic heterocycles. The summed E-state index contributed by atoms with van der Waals surface area (Å²) < 4.78 is 31.7. The Morgan fingerprint density at radius 3 is 2.14 bits per heavy atom. The van der Waals surface area contributed by atoms with Crippen molar-refractivity contribution in [1.82, 2.24) is 14.5 Å². The number of para-hydroxylation sites is 1. The van der Waals surface area contributed by atoms with Crippen LogP contribution < -0.4 is 15.2 Å². The van der Waals surface area contributed by atoms with E-state index in [0.717, 1.165) is 27.7 Å². The number of aromatic nitrogens is 3. The molecule has 0 bridgehead atoms. The van der Waals surface area contributed by atoms with Crippen molar-refractivity contribution >= 4 is 22.0 Å². The molecule has 7 aromatic rings. The summed E-state index contributed by atoms with van der Waals surface area (Å²) in [5, 5.41) is 13.0. The molecule has 4 aromatic carbocycles. The lowest BCUT2D eigenvalue weighted by Crippen LogP contribution is -2.38. The van der Waals surface area contributed by atoms with Crippen LogP contribution in [0.2, 0.25) is 0 Å². The lowest BCUT2D eigenvalue weighted by atomic mass is 9.80. The van der Waals surface area contributed by atoms with Gasteiger partial charge in [0.05, 0.1) is 32.6 Å². The van der Waals surface area contributed by atoms with E-state index >= 15 is 0 Å². The fourth-order valence-corrected chi connectivity index (χ4v) is 6.78. The first-order valence-corrected chi connectivity index (χ1v) is 16.4. The standard InChI is InChI=1S/C40H35N3O7/c1-46-30-16-12-28(13-17-30)40(27-9-4-3-5-10-27,29-14-18-31(47-2)19-15-29)48-24-36-33(44)22-37(50-36)43-23-26-20-32(41-38(26)42-39(43)45)35-21-25-8-6-7-11-34(25)49-35/h3-21,23,33,36-37,44H,22,24H2,1-2H3,(H,41,42,45)/t33-,36+,37+/m0/s1. The number of benzene rings is 4. The number of nitrogens with one attached hydrogen (secondary N) is 1. The minimum Gasteiger partial charge on any atom is -0.497 e. The summed E-state index contributed by atoms with van der Waals surface area (Å²) in [6.07, 6.45) is -0.497. The summed E-state index contributed by atoms with van der Waals surface area (Å²) >= 11 is 0. The van der Waals surface area contributed by atoms with Gasteiger partial charge >= 0.3 is 5.69 Å². The number of ether oxygens (including phenoxy) is 4. The van der Waals surface area contributed by atoms with Crippen LogP contribution in [-0.4, -0.2) is 52.7 Å². The van der Waals surface area contributed by atoms with Gasteiger partial charge in [-0.1, -0.05) is 72.8 Å². The van der Waals surface area contributed by atoms with Crippen molar-refractivity contribution in [2.75, 3.05) is 20.8 Å². The number of aliphatic hydroxyl groups excluding tert-OH is 1. The first kappa shape index (κ1) is 31.6. The smallest absolute Gasteiger partial charge is 0.351 e. The molecule has 3 aromatic heterocycles. The van der Waals surface area contributed by atoms with Gasteiger partial charge < -0.3 is 33.5 Å². The van der Waals surface area contributed by atoms with E-state index < -0.39 is 29.7 Å². The number of fused-ring (bicyclic) bond motifs is 2. The van der Waals surface area contributed by atoms with Gasteiger partial charge in [0, 0.05) is 23.4 Å². The van der Waals surface area contributed by atoms with Gasteiger partial charge in [-0.2, -0.15) is 4.98 Å². The average Bonchev–Trinajstić information content (AvgIpc) is 3.88. The normalized spacial score (nSPS) is 17.8. The molecule has 0 unspecified atom stereocenters. The zero-order chi connectivity index (χ0) is 34.2. The highest BCUT2D eigenvalue weighted by molar-refractivity contribution is 5.86. The Morgan fingerprint density at radius 1 is 0.840 bits per heavy atom. The van der Waals surface area contributed by atoms with Crippen LogP contribution in [0.5, 0.6) is 11.5 Å². The lowest BCUT2D eigenvalue weighted by Gasteiger charge is -2.37. The molecule has 10 heteroatoms. The van der Waals surface area contributed by atoms with Crippen LogP contribution in [0.3, 0.4) is 0 Å². The Labute approximate surface area is 287 Å². The Hall–Kier alpha value is -5.68. The monoisotopic (exact) mass is 669 g/mol. The van der Waals surface area contributed by atoms with Gasteiger partial charge in [-0.15, -0.1) is 0 Å². The molecule has 0 amide bonds. The van der Waals surface area contributed by atoms with Crippen LogP contribution in [0.4, 0.5) is 0 Å². The van der Waals surface area contributed by atoms with E-state index in [1.54, 1.807) is 20.4 Å². The van der Waals surface area contributed by atoms with Crippen molar-refractivity contribution in [2.45, 2.75) is 30.5 Å². The van der Waals surface area contributed by atoms with E-state index in [1.807, 2.05) is 115 Å². The molecule has 4 heterocycles. The summed E-state index contributed by atoms with van der Waals surface area (Å²) in [5.74, 6) is 2.07. The maximum Gasteiger partial charge on any atom is 0.351 e. The van der Waals surface area contributed by atoms with Crippen molar-refractivity contribution in [3.05, 3.63) is 149 Å². The third-order valence-electron chi connectivity index (χ3n) is 9.38. The molecule has 1 saturated heterocycles. The molecule has 0 aliphatic carbocycles. The summed E-state index contributed by atoms with van der Waals surface area (Å²) in [6, 6.07) is 37.0. The maximum atomic E-state index is 13.3. The van der Waals surface area contributed by atoms with Crippen LogP contribution in [0.1, 0.15) is 29.3 Å². The first-order chi connectivity index (χ1) is 24.4. The number of furan rings is 1. The van der Waals surface area contributed by atoms with E-state index in [9.17, 15) is 9.90 Å². The van der Waals surface area contributed by atoms with Gasteiger partial charge in [0.25, 0.3) is 0 Å². The van der Waals surface area contributed by atoms with Crippen molar-refractivity contribution in [3.8, 4) is 23.0 Å². The molecule has 2 N–H and O–H groups in total. The molecule has 10 nitrogen and oxygen atoms in total. The second-order valence-corrected chi connectivity index (χ2v) is 12.3. The second kappa shape index (κ2) is 13.0. The van der Waals surface area contributed by atoms with Crippen LogP contribution >= 0.6 is 0 Å². The number of methoxy groups -OCH3 is 2. The number of hydrogen-bond acceptors (Lipinski definition) is 8. The molecule has 3 atom stereocenters. The average molecular weight is 670 g/mol. The van der Waals surface area contributed by atoms with Gasteiger partial charge in [0.2, 0.25) is 0 Å². The minimum absolute atomic E-state index is 0.0232. The Morgan fingerprint density at radius 2 is 1.48 bits per heavy atom. The summed E-state index contributed by atoms with van der Waals surface area (Å²) in [4.78, 5) is 20.8. The number of nitrogens with zero attached hydrogens (tertiary/aromatic N) is 2. The van der Waals surface area contributed by atoms with Gasteiger partial charge in [-0.25, -0.2) is 4.79 Å². The molecule has 1 fully saturated rings. The highest BCUT2D eigenvalue weighted by Crippen LogP contribution is 2.43. The van der Waals surface area contributed by atoms with Crippen LogP contribution in [0, 0.1) is 0 Å². The Balaban J connectivity index is 1.10. The highest BCUT2D eigenvalue weighted by atomic mass is 16.6. The van der Waals surface area contributed by atoms with Crippen LogP contribution in [0.15, 0.2) is 131 Å². The zero-order valence-electron chi connectivity index (χ0n) is 27.5. The SMILES string of the molecule is COc1ccc(C(OC[C@H]2O[C@@H](n3cc4cc(-c5cc6ccccc6o5)[nH]c4nc3=O)C[C@@H]2O)(c2ccccc2)c2ccc(OC)cc2)cc1. The molecular weight excluding hydrogens is 634 g/mol. The van der Waals surface area contributed by atoms with E-state index in [0.29, 0.717) is 34.0 Å². The van der Waals surface area contributed by atoms with E-state index in [-0.39, 0.29) is 13.0 Å². The Kier molecular flexibility index (Phi) is 8.20. The van der Waals surface area contributed by atoms with Crippen molar-refractivity contribution in [3.63, 3.8) is 0 Å². The Bertz CT molecular complexity index is 2230. The topological polar surface area (TPSA) is 121 Å². The van der Waals surface area contributed by atoms with E-state index in [4.69, 9.17) is 23.4 Å². The third kappa shape index (κ3) is 5.63. The molecule has 0 spiro atoms. The highest BCUT2D eigenvalue weighted by Gasteiger charge is 2.42. The number of H-pyrrole nitrogens is 1. The van der Waals surface area contributed by atoms with Crippen LogP contribution in [-0.2, 0) is 15.1 Å². The molecular formula is C40H35N3O7. The van der Waals surface area contributed by atoms with E-state index in [1.165, 1.54) is 4.57 Å². The molecule has 0 radical (unpaired) electrons. The third-order valence-corrected chi connectivity index (χ3v) is 9.38. The number of hydrogen-bond donors (Lipinski definition) is 2. The quantitative estimate of drug-likeness (QED) is 0.152. The maximum absolute atomic E-state index is 13.3. The molecule has 8 rings (SSSR count). The molecule has 252 valence electrons. The summed E-state index contributed by atoms with van der Waals surface area (Å²) in [7, 11) is 3.26. The predicted molar refractivity (Wildman–Crippen MR) is 188 cm³/mol. The minimum atomic E-state index is -1.09. The van der Waals surface area contributed by atoms with Crippen molar-refractivity contribution in [1.29, 1.82) is 0 Å². The van der Waals surface area contributed by atoms with Gasteiger partial charge in [0.15, 0.2) is 5.76 Å². The second-order valence-electron chi connectivity index (χ2n) is 12.3. The van der Waals surface area contributed by atoms with Crippen LogP contribution in [0.25, 0.3) is 33.5 Å². The predicted octanol–water partition coefficient (Wildman–Crippen LogP) is 6.81. The number of aromatic amines is 1. The number of rotatable bonds is 10. The number of aliphatic hydroxyl groups is 1. The fourth-order valence-electron chi connectivity index (χ4n) is 6.78.